The van der Waals surface area contributed by atoms with Crippen molar-refractivity contribution in [2.45, 2.75) is 38.8 Å². The van der Waals surface area contributed by atoms with Crippen molar-refractivity contribution >= 4 is 17.9 Å². The minimum absolute atomic E-state index is 0.00235. The predicted octanol–water partition coefficient (Wildman–Crippen LogP) is -0.559. The largest absolute Gasteiger partial charge is 0.480 e. The van der Waals surface area contributed by atoms with Gasteiger partial charge in [0.05, 0.1) is 0 Å². The quantitative estimate of drug-likeness (QED) is 0.608. The van der Waals surface area contributed by atoms with Crippen LogP contribution in [-0.4, -0.2) is 71.1 Å². The van der Waals surface area contributed by atoms with E-state index in [1.165, 1.54) is 0 Å². The first-order valence-corrected chi connectivity index (χ1v) is 7.12. The third-order valence-corrected chi connectivity index (χ3v) is 3.61. The molecular weight excluding hydrogens is 276 g/mol. The maximum atomic E-state index is 12.1. The molecule has 1 aliphatic rings. The number of carboxylic acids is 1. The van der Waals surface area contributed by atoms with E-state index in [0.29, 0.717) is 19.1 Å². The fraction of sp³-hybridized carbons (Fsp3) is 0.769. The van der Waals surface area contributed by atoms with Gasteiger partial charge in [-0.15, -0.1) is 0 Å². The van der Waals surface area contributed by atoms with Crippen LogP contribution in [0.4, 0.5) is 4.79 Å². The van der Waals surface area contributed by atoms with Crippen LogP contribution in [0.1, 0.15) is 26.7 Å². The number of carboxylic acid groups (broad SMARTS) is 1. The molecule has 0 bridgehead atoms. The summed E-state index contributed by atoms with van der Waals surface area (Å²) in [7, 11) is 0. The number of rotatable bonds is 6. The van der Waals surface area contributed by atoms with Crippen molar-refractivity contribution in [3.8, 4) is 0 Å². The van der Waals surface area contributed by atoms with Crippen LogP contribution in [0.2, 0.25) is 0 Å². The third kappa shape index (κ3) is 5.58. The highest BCUT2D eigenvalue weighted by atomic mass is 16.4. The topological polar surface area (TPSA) is 116 Å². The Labute approximate surface area is 124 Å². The molecule has 0 aromatic heterocycles. The van der Waals surface area contributed by atoms with Crippen LogP contribution in [0.15, 0.2) is 0 Å². The summed E-state index contributed by atoms with van der Waals surface area (Å²) in [5.74, 6) is -1.74. The molecule has 120 valence electrons. The normalized spacial score (nSPS) is 17.6. The first kappa shape index (κ1) is 17.2. The number of carbonyl (C=O) groups excluding carboxylic acids is 2. The maximum absolute atomic E-state index is 12.1. The number of piperazine rings is 1. The number of primary amides is 1. The van der Waals surface area contributed by atoms with E-state index in [9.17, 15) is 14.4 Å². The number of urea groups is 1. The summed E-state index contributed by atoms with van der Waals surface area (Å²) in [6, 6.07) is -1.07. The Bertz CT molecular complexity index is 392. The highest BCUT2D eigenvalue weighted by Gasteiger charge is 2.26. The van der Waals surface area contributed by atoms with Crippen molar-refractivity contribution in [3.05, 3.63) is 0 Å². The maximum Gasteiger partial charge on any atom is 0.326 e. The van der Waals surface area contributed by atoms with E-state index >= 15 is 0 Å². The zero-order chi connectivity index (χ0) is 16.0. The van der Waals surface area contributed by atoms with Gasteiger partial charge in [0.2, 0.25) is 5.91 Å². The molecule has 1 aliphatic heterocycles. The summed E-state index contributed by atoms with van der Waals surface area (Å²) in [5, 5.41) is 11.5. The molecule has 0 spiro atoms. The highest BCUT2D eigenvalue weighted by molar-refractivity contribution is 5.83. The molecule has 0 aromatic carbocycles. The lowest BCUT2D eigenvalue weighted by Crippen LogP contribution is -2.55. The summed E-state index contributed by atoms with van der Waals surface area (Å²) in [6.45, 7) is 6.85. The number of carbonyl (C=O) groups is 3. The van der Waals surface area contributed by atoms with E-state index in [-0.39, 0.29) is 12.8 Å². The zero-order valence-electron chi connectivity index (χ0n) is 12.5. The molecule has 8 heteroatoms. The van der Waals surface area contributed by atoms with Gasteiger partial charge in [0.25, 0.3) is 0 Å². The molecule has 0 saturated carbocycles. The monoisotopic (exact) mass is 300 g/mol. The van der Waals surface area contributed by atoms with E-state index in [4.69, 9.17) is 10.8 Å². The number of aliphatic carboxylic acids is 1. The van der Waals surface area contributed by atoms with E-state index in [2.05, 4.69) is 24.1 Å². The smallest absolute Gasteiger partial charge is 0.326 e. The average Bonchev–Trinajstić information content (AvgIpc) is 2.42. The minimum Gasteiger partial charge on any atom is -0.480 e. The van der Waals surface area contributed by atoms with Crippen LogP contribution < -0.4 is 11.1 Å². The minimum atomic E-state index is -1.16. The van der Waals surface area contributed by atoms with E-state index in [0.717, 1.165) is 13.1 Å². The standard InChI is InChI=1S/C13H24N4O4/c1-9(2)16-5-7-17(8-6-16)13(21)15-10(12(19)20)3-4-11(14)18/h9-10H,3-8H2,1-2H3,(H2,14,18)(H,15,21)(H,19,20). The van der Waals surface area contributed by atoms with Crippen LogP contribution in [0.3, 0.4) is 0 Å². The van der Waals surface area contributed by atoms with Gasteiger partial charge in [-0.2, -0.15) is 0 Å². The summed E-state index contributed by atoms with van der Waals surface area (Å²) >= 11 is 0. The van der Waals surface area contributed by atoms with Crippen LogP contribution in [0.25, 0.3) is 0 Å². The predicted molar refractivity (Wildman–Crippen MR) is 76.7 cm³/mol. The molecule has 1 unspecified atom stereocenters. The Kier molecular flexibility index (Phi) is 6.41. The highest BCUT2D eigenvalue weighted by Crippen LogP contribution is 2.07. The molecule has 3 amide bonds. The molecule has 1 fully saturated rings. The molecule has 21 heavy (non-hydrogen) atoms. The summed E-state index contributed by atoms with van der Waals surface area (Å²) in [4.78, 5) is 37.7. The Balaban J connectivity index is 2.47. The van der Waals surface area contributed by atoms with Crippen LogP contribution in [-0.2, 0) is 9.59 Å². The van der Waals surface area contributed by atoms with E-state index in [1.54, 1.807) is 4.90 Å². The van der Waals surface area contributed by atoms with Gasteiger partial charge < -0.3 is 21.1 Å². The number of hydrogen-bond donors (Lipinski definition) is 3. The molecule has 1 rings (SSSR count). The van der Waals surface area contributed by atoms with Crippen molar-refractivity contribution in [1.29, 1.82) is 0 Å². The molecular formula is C13H24N4O4. The average molecular weight is 300 g/mol. The molecule has 1 atom stereocenters. The number of amides is 3. The second kappa shape index (κ2) is 7.82. The Morgan fingerprint density at radius 2 is 1.76 bits per heavy atom. The lowest BCUT2D eigenvalue weighted by molar-refractivity contribution is -0.139. The molecule has 0 aromatic rings. The lowest BCUT2D eigenvalue weighted by Gasteiger charge is -2.37. The lowest BCUT2D eigenvalue weighted by atomic mass is 10.1. The van der Waals surface area contributed by atoms with Gasteiger partial charge in [-0.3, -0.25) is 9.69 Å². The second-order valence-electron chi connectivity index (χ2n) is 5.46. The SMILES string of the molecule is CC(C)N1CCN(C(=O)NC(CCC(N)=O)C(=O)O)CC1. The summed E-state index contributed by atoms with van der Waals surface area (Å²) in [6.07, 6.45) is -0.0687. The van der Waals surface area contributed by atoms with E-state index in [1.807, 2.05) is 0 Å². The molecule has 1 saturated heterocycles. The van der Waals surface area contributed by atoms with Gasteiger partial charge >= 0.3 is 12.0 Å². The first-order chi connectivity index (χ1) is 9.81. The van der Waals surface area contributed by atoms with Crippen LogP contribution in [0, 0.1) is 0 Å². The van der Waals surface area contributed by atoms with Gasteiger partial charge in [-0.05, 0) is 20.3 Å². The molecule has 1 heterocycles. The van der Waals surface area contributed by atoms with Crippen molar-refractivity contribution in [1.82, 2.24) is 15.1 Å². The zero-order valence-corrected chi connectivity index (χ0v) is 12.5. The van der Waals surface area contributed by atoms with Gasteiger partial charge in [0, 0.05) is 38.6 Å². The number of nitrogens with zero attached hydrogens (tertiary/aromatic N) is 2. The second-order valence-corrected chi connectivity index (χ2v) is 5.46. The van der Waals surface area contributed by atoms with Gasteiger partial charge in [-0.25, -0.2) is 9.59 Å². The summed E-state index contributed by atoms with van der Waals surface area (Å²) in [5.41, 5.74) is 5.00. The van der Waals surface area contributed by atoms with Crippen molar-refractivity contribution in [2.75, 3.05) is 26.2 Å². The first-order valence-electron chi connectivity index (χ1n) is 7.12. The van der Waals surface area contributed by atoms with Crippen LogP contribution in [0.5, 0.6) is 0 Å². The number of hydrogen-bond acceptors (Lipinski definition) is 4. The molecule has 8 nitrogen and oxygen atoms in total. The Hall–Kier alpha value is -1.83. The van der Waals surface area contributed by atoms with Crippen LogP contribution >= 0.6 is 0 Å². The fourth-order valence-corrected chi connectivity index (χ4v) is 2.23. The van der Waals surface area contributed by atoms with E-state index < -0.39 is 23.9 Å². The molecule has 0 aliphatic carbocycles. The van der Waals surface area contributed by atoms with Crippen molar-refractivity contribution < 1.29 is 19.5 Å². The fourth-order valence-electron chi connectivity index (χ4n) is 2.23. The molecule has 4 N–H and O–H groups in total. The molecule has 0 radical (unpaired) electrons. The van der Waals surface area contributed by atoms with Gasteiger partial charge in [0.15, 0.2) is 0 Å². The number of nitrogens with two attached hydrogens (primary N) is 1. The van der Waals surface area contributed by atoms with Gasteiger partial charge in [0.1, 0.15) is 6.04 Å². The van der Waals surface area contributed by atoms with Crippen molar-refractivity contribution in [2.24, 2.45) is 5.73 Å². The number of nitrogens with one attached hydrogen (secondary N) is 1. The van der Waals surface area contributed by atoms with Gasteiger partial charge in [-0.1, -0.05) is 0 Å². The third-order valence-electron chi connectivity index (χ3n) is 3.61. The van der Waals surface area contributed by atoms with Crippen molar-refractivity contribution in [3.63, 3.8) is 0 Å². The summed E-state index contributed by atoms with van der Waals surface area (Å²) < 4.78 is 0. The Morgan fingerprint density at radius 3 is 2.19 bits per heavy atom. The Morgan fingerprint density at radius 1 is 1.19 bits per heavy atom.